The van der Waals surface area contributed by atoms with E-state index in [2.05, 4.69) is 51.8 Å². The summed E-state index contributed by atoms with van der Waals surface area (Å²) < 4.78 is 0. The summed E-state index contributed by atoms with van der Waals surface area (Å²) in [5.41, 5.74) is 1.05. The molecule has 15 heavy (non-hydrogen) atoms. The molecule has 0 aliphatic carbocycles. The zero-order valence-electron chi connectivity index (χ0n) is 11.1. The lowest BCUT2D eigenvalue weighted by Crippen LogP contribution is -2.83. The van der Waals surface area contributed by atoms with Crippen LogP contribution < -0.4 is 5.32 Å². The number of fused-ring (bicyclic) bond motifs is 2. The lowest BCUT2D eigenvalue weighted by Gasteiger charge is -2.71. The Bertz CT molecular complexity index is 255. The van der Waals surface area contributed by atoms with Crippen LogP contribution in [-0.4, -0.2) is 35.1 Å². The summed E-state index contributed by atoms with van der Waals surface area (Å²) in [6.45, 7) is 16.5. The molecule has 88 valence electrons. The molecule has 2 bridgehead atoms. The molecule has 2 heteroatoms. The van der Waals surface area contributed by atoms with Crippen molar-refractivity contribution in [2.75, 3.05) is 13.1 Å². The van der Waals surface area contributed by atoms with E-state index in [1.807, 2.05) is 0 Å². The van der Waals surface area contributed by atoms with Crippen LogP contribution in [0.15, 0.2) is 0 Å². The molecule has 0 spiro atoms. The molecule has 3 heterocycles. The minimum Gasteiger partial charge on any atom is -0.313 e. The van der Waals surface area contributed by atoms with Crippen molar-refractivity contribution < 1.29 is 0 Å². The van der Waals surface area contributed by atoms with Gasteiger partial charge in [0.25, 0.3) is 0 Å². The molecule has 0 saturated carbocycles. The number of nitrogens with one attached hydrogen (secondary N) is 1. The molecule has 1 N–H and O–H groups in total. The lowest BCUT2D eigenvalue weighted by atomic mass is 9.59. The maximum absolute atomic E-state index is 3.59. The van der Waals surface area contributed by atoms with Crippen LogP contribution in [0.3, 0.4) is 0 Å². The SMILES string of the molecule is CC(C)(C)N1C2CNCC1(C(C)(C)C)C2. The minimum atomic E-state index is 0.304. The first-order valence-electron chi connectivity index (χ1n) is 6.19. The van der Waals surface area contributed by atoms with Gasteiger partial charge in [-0.3, -0.25) is 4.90 Å². The van der Waals surface area contributed by atoms with E-state index in [-0.39, 0.29) is 0 Å². The second-order valence-corrected chi connectivity index (χ2v) is 7.31. The standard InChI is InChI=1S/C13H26N2/c1-11(2,3)13-7-10(8-14-9-13)15(13)12(4,5)6/h10,14H,7-9H2,1-6H3. The van der Waals surface area contributed by atoms with Gasteiger partial charge in [-0.25, -0.2) is 0 Å². The number of nitrogens with zero attached hydrogens (tertiary/aromatic N) is 1. The minimum absolute atomic E-state index is 0.304. The molecule has 3 aliphatic heterocycles. The lowest BCUT2D eigenvalue weighted by molar-refractivity contribution is -0.199. The maximum Gasteiger partial charge on any atom is 0.0406 e. The zero-order valence-corrected chi connectivity index (χ0v) is 11.1. The van der Waals surface area contributed by atoms with Crippen LogP contribution >= 0.6 is 0 Å². The van der Waals surface area contributed by atoms with Gasteiger partial charge in [0, 0.05) is 30.2 Å². The normalized spacial score (nSPS) is 37.6. The van der Waals surface area contributed by atoms with Gasteiger partial charge in [-0.15, -0.1) is 0 Å². The van der Waals surface area contributed by atoms with Crippen molar-refractivity contribution in [1.29, 1.82) is 0 Å². The largest absolute Gasteiger partial charge is 0.313 e. The van der Waals surface area contributed by atoms with Crippen LogP contribution in [0, 0.1) is 5.41 Å². The predicted molar refractivity (Wildman–Crippen MR) is 65.1 cm³/mol. The Hall–Kier alpha value is -0.0800. The smallest absolute Gasteiger partial charge is 0.0406 e. The second-order valence-electron chi connectivity index (χ2n) is 7.31. The van der Waals surface area contributed by atoms with Gasteiger partial charge in [0.05, 0.1) is 0 Å². The van der Waals surface area contributed by atoms with Crippen LogP contribution in [0.2, 0.25) is 0 Å². The van der Waals surface area contributed by atoms with Gasteiger partial charge in [0.15, 0.2) is 0 Å². The summed E-state index contributed by atoms with van der Waals surface area (Å²) in [6.07, 6.45) is 1.38. The Kier molecular flexibility index (Phi) is 2.27. The van der Waals surface area contributed by atoms with Gasteiger partial charge >= 0.3 is 0 Å². The van der Waals surface area contributed by atoms with Crippen molar-refractivity contribution in [3.05, 3.63) is 0 Å². The molecule has 3 saturated heterocycles. The molecule has 2 atom stereocenters. The van der Waals surface area contributed by atoms with Crippen LogP contribution in [0.1, 0.15) is 48.0 Å². The van der Waals surface area contributed by atoms with Gasteiger partial charge in [-0.2, -0.15) is 0 Å². The van der Waals surface area contributed by atoms with E-state index in [0.29, 0.717) is 16.5 Å². The monoisotopic (exact) mass is 210 g/mol. The Labute approximate surface area is 94.4 Å². The van der Waals surface area contributed by atoms with E-state index in [0.717, 1.165) is 12.6 Å². The third kappa shape index (κ3) is 1.45. The third-order valence-corrected chi connectivity index (χ3v) is 4.32. The van der Waals surface area contributed by atoms with Gasteiger partial charge in [-0.1, -0.05) is 20.8 Å². The summed E-state index contributed by atoms with van der Waals surface area (Å²) in [6, 6.07) is 0.762. The molecule has 3 rings (SSSR count). The molecule has 0 amide bonds. The molecule has 0 aromatic carbocycles. The first-order valence-corrected chi connectivity index (χ1v) is 6.19. The average molecular weight is 210 g/mol. The average Bonchev–Trinajstić information content (AvgIpc) is 1.99. The Morgan fingerprint density at radius 2 is 1.73 bits per heavy atom. The predicted octanol–water partition coefficient (Wildman–Crippen LogP) is 2.25. The molecule has 3 fully saturated rings. The highest BCUT2D eigenvalue weighted by Gasteiger charge is 2.62. The van der Waals surface area contributed by atoms with Crippen molar-refractivity contribution in [2.45, 2.75) is 65.1 Å². The van der Waals surface area contributed by atoms with Crippen LogP contribution in [0.5, 0.6) is 0 Å². The Morgan fingerprint density at radius 3 is 2.07 bits per heavy atom. The van der Waals surface area contributed by atoms with Crippen molar-refractivity contribution in [1.82, 2.24) is 10.2 Å². The van der Waals surface area contributed by atoms with Crippen molar-refractivity contribution in [2.24, 2.45) is 5.41 Å². The quantitative estimate of drug-likeness (QED) is 0.660. The van der Waals surface area contributed by atoms with Gasteiger partial charge in [0.1, 0.15) is 0 Å². The molecule has 2 unspecified atom stereocenters. The summed E-state index contributed by atoms with van der Waals surface area (Å²) in [7, 11) is 0. The van der Waals surface area contributed by atoms with E-state index in [1.54, 1.807) is 0 Å². The molecule has 0 aromatic rings. The van der Waals surface area contributed by atoms with Crippen LogP contribution in [0.25, 0.3) is 0 Å². The van der Waals surface area contributed by atoms with E-state index >= 15 is 0 Å². The number of hydrogen-bond donors (Lipinski definition) is 1. The number of rotatable bonds is 0. The molecular formula is C13H26N2. The summed E-state index contributed by atoms with van der Waals surface area (Å²) in [4.78, 5) is 2.76. The number of piperidine rings is 1. The van der Waals surface area contributed by atoms with Gasteiger partial charge < -0.3 is 5.32 Å². The first kappa shape index (κ1) is 11.4. The van der Waals surface area contributed by atoms with Crippen molar-refractivity contribution >= 4 is 0 Å². The van der Waals surface area contributed by atoms with Crippen LogP contribution in [-0.2, 0) is 0 Å². The molecule has 2 nitrogen and oxygen atoms in total. The van der Waals surface area contributed by atoms with E-state index in [4.69, 9.17) is 0 Å². The van der Waals surface area contributed by atoms with Crippen molar-refractivity contribution in [3.63, 3.8) is 0 Å². The third-order valence-electron chi connectivity index (χ3n) is 4.32. The van der Waals surface area contributed by atoms with Gasteiger partial charge in [-0.05, 0) is 32.6 Å². The molecule has 0 aromatic heterocycles. The van der Waals surface area contributed by atoms with Gasteiger partial charge in [0.2, 0.25) is 0 Å². The fourth-order valence-corrected chi connectivity index (χ4v) is 3.71. The topological polar surface area (TPSA) is 15.3 Å². The van der Waals surface area contributed by atoms with E-state index in [9.17, 15) is 0 Å². The number of piperazine rings is 1. The highest BCUT2D eigenvalue weighted by Crippen LogP contribution is 2.53. The highest BCUT2D eigenvalue weighted by molar-refractivity contribution is 5.19. The Morgan fingerprint density at radius 1 is 1.13 bits per heavy atom. The fourth-order valence-electron chi connectivity index (χ4n) is 3.71. The highest BCUT2D eigenvalue weighted by atomic mass is 15.4. The maximum atomic E-state index is 3.59. The van der Waals surface area contributed by atoms with E-state index < -0.39 is 0 Å². The second kappa shape index (κ2) is 2.98. The molecule has 3 aliphatic rings. The Balaban J connectivity index is 2.32. The zero-order chi connectivity index (χ0) is 11.5. The molecule has 0 radical (unpaired) electrons. The van der Waals surface area contributed by atoms with E-state index in [1.165, 1.54) is 13.0 Å². The summed E-state index contributed by atoms with van der Waals surface area (Å²) >= 11 is 0. The summed E-state index contributed by atoms with van der Waals surface area (Å²) in [5, 5.41) is 3.59. The first-order chi connectivity index (χ1) is 6.68. The molecular weight excluding hydrogens is 184 g/mol. The number of hydrogen-bond acceptors (Lipinski definition) is 2. The summed E-state index contributed by atoms with van der Waals surface area (Å²) in [5.74, 6) is 0. The van der Waals surface area contributed by atoms with Crippen molar-refractivity contribution in [3.8, 4) is 0 Å². The van der Waals surface area contributed by atoms with Crippen LogP contribution in [0.4, 0.5) is 0 Å². The fraction of sp³-hybridized carbons (Fsp3) is 1.00.